The third-order valence-electron chi connectivity index (χ3n) is 3.44. The van der Waals surface area contributed by atoms with Crippen molar-refractivity contribution in [3.8, 4) is 0 Å². The second-order valence-electron chi connectivity index (χ2n) is 4.74. The first kappa shape index (κ1) is 13.9. The van der Waals surface area contributed by atoms with Crippen LogP contribution in [0.4, 0.5) is 0 Å². The quantitative estimate of drug-likeness (QED) is 0.923. The largest absolute Gasteiger partial charge is 0.480 e. The molecule has 19 heavy (non-hydrogen) atoms. The van der Waals surface area contributed by atoms with Gasteiger partial charge in [-0.2, -0.15) is 0 Å². The average Bonchev–Trinajstić information content (AvgIpc) is 2.89. The van der Waals surface area contributed by atoms with Gasteiger partial charge < -0.3 is 10.0 Å². The highest BCUT2D eigenvalue weighted by Crippen LogP contribution is 2.26. The summed E-state index contributed by atoms with van der Waals surface area (Å²) in [5.41, 5.74) is 0.373. The van der Waals surface area contributed by atoms with Crippen LogP contribution in [0.25, 0.3) is 0 Å². The summed E-state index contributed by atoms with van der Waals surface area (Å²) in [7, 11) is 0. The van der Waals surface area contributed by atoms with Crippen molar-refractivity contribution in [2.75, 3.05) is 6.54 Å². The molecule has 0 saturated heterocycles. The predicted octanol–water partition coefficient (Wildman–Crippen LogP) is 2.81. The zero-order valence-electron chi connectivity index (χ0n) is 10.5. The van der Waals surface area contributed by atoms with Crippen molar-refractivity contribution in [2.24, 2.45) is 0 Å². The van der Waals surface area contributed by atoms with Gasteiger partial charge in [-0.05, 0) is 25.0 Å². The van der Waals surface area contributed by atoms with Crippen molar-refractivity contribution in [1.82, 2.24) is 4.90 Å². The molecule has 2 rings (SSSR count). The smallest absolute Gasteiger partial charge is 0.323 e. The first-order chi connectivity index (χ1) is 9.09. The third kappa shape index (κ3) is 3.26. The number of rotatable bonds is 4. The highest BCUT2D eigenvalue weighted by Gasteiger charge is 2.29. The summed E-state index contributed by atoms with van der Waals surface area (Å²) >= 11 is 6.01. The molecule has 1 aliphatic rings. The molecule has 5 heteroatoms. The Morgan fingerprint density at radius 2 is 1.89 bits per heavy atom. The Kier molecular flexibility index (Phi) is 4.43. The van der Waals surface area contributed by atoms with Crippen LogP contribution in [0.2, 0.25) is 5.02 Å². The highest BCUT2D eigenvalue weighted by atomic mass is 35.5. The second kappa shape index (κ2) is 6.06. The van der Waals surface area contributed by atoms with E-state index >= 15 is 0 Å². The van der Waals surface area contributed by atoms with Gasteiger partial charge in [0.1, 0.15) is 6.54 Å². The fourth-order valence-electron chi connectivity index (χ4n) is 2.52. The lowest BCUT2D eigenvalue weighted by Crippen LogP contribution is -2.42. The van der Waals surface area contributed by atoms with E-state index < -0.39 is 5.97 Å². The maximum absolute atomic E-state index is 12.5. The molecule has 0 unspecified atom stereocenters. The number of aliphatic carboxylic acids is 1. The van der Waals surface area contributed by atoms with Gasteiger partial charge >= 0.3 is 5.97 Å². The van der Waals surface area contributed by atoms with E-state index in [-0.39, 0.29) is 18.5 Å². The topological polar surface area (TPSA) is 57.6 Å². The standard InChI is InChI=1S/C14H16ClNO3/c15-12-8-4-3-7-11(12)14(19)16(9-13(17)18)10-5-1-2-6-10/h3-4,7-8,10H,1-2,5-6,9H2,(H,17,18). The monoisotopic (exact) mass is 281 g/mol. The van der Waals surface area contributed by atoms with Crippen LogP contribution in [-0.4, -0.2) is 34.5 Å². The first-order valence-corrected chi connectivity index (χ1v) is 6.74. The van der Waals surface area contributed by atoms with E-state index in [0.29, 0.717) is 10.6 Å². The molecule has 1 amide bonds. The summed E-state index contributed by atoms with van der Waals surface area (Å²) in [5.74, 6) is -1.28. The van der Waals surface area contributed by atoms with Gasteiger partial charge in [-0.25, -0.2) is 0 Å². The van der Waals surface area contributed by atoms with E-state index in [1.807, 2.05) is 0 Å². The zero-order valence-corrected chi connectivity index (χ0v) is 11.3. The average molecular weight is 282 g/mol. The molecule has 0 radical (unpaired) electrons. The number of carboxylic acids is 1. The maximum atomic E-state index is 12.5. The number of benzene rings is 1. The van der Waals surface area contributed by atoms with Crippen molar-refractivity contribution in [2.45, 2.75) is 31.7 Å². The SMILES string of the molecule is O=C(O)CN(C(=O)c1ccccc1Cl)C1CCCC1. The van der Waals surface area contributed by atoms with Gasteiger partial charge in [0.2, 0.25) is 0 Å². The van der Waals surface area contributed by atoms with Crippen LogP contribution < -0.4 is 0 Å². The molecule has 1 aliphatic carbocycles. The number of nitrogens with zero attached hydrogens (tertiary/aromatic N) is 1. The molecule has 0 spiro atoms. The van der Waals surface area contributed by atoms with Crippen molar-refractivity contribution in [1.29, 1.82) is 0 Å². The van der Waals surface area contributed by atoms with E-state index in [1.165, 1.54) is 4.90 Å². The van der Waals surface area contributed by atoms with Crippen LogP contribution in [0.3, 0.4) is 0 Å². The molecule has 1 aromatic carbocycles. The minimum Gasteiger partial charge on any atom is -0.480 e. The van der Waals surface area contributed by atoms with Gasteiger partial charge in [-0.1, -0.05) is 36.6 Å². The van der Waals surface area contributed by atoms with E-state index in [2.05, 4.69) is 0 Å². The summed E-state index contributed by atoms with van der Waals surface area (Å²) in [6.45, 7) is -0.269. The molecule has 102 valence electrons. The van der Waals surface area contributed by atoms with Crippen LogP contribution in [0.15, 0.2) is 24.3 Å². The summed E-state index contributed by atoms with van der Waals surface area (Å²) in [4.78, 5) is 24.9. The Labute approximate surface area is 117 Å². The minimum atomic E-state index is -0.993. The fraction of sp³-hybridized carbons (Fsp3) is 0.429. The molecule has 1 N–H and O–H groups in total. The van der Waals surface area contributed by atoms with Gasteiger partial charge in [0.15, 0.2) is 0 Å². The van der Waals surface area contributed by atoms with Crippen molar-refractivity contribution in [3.63, 3.8) is 0 Å². The zero-order chi connectivity index (χ0) is 13.8. The molecule has 4 nitrogen and oxygen atoms in total. The highest BCUT2D eigenvalue weighted by molar-refractivity contribution is 6.33. The van der Waals surface area contributed by atoms with E-state index in [1.54, 1.807) is 24.3 Å². The van der Waals surface area contributed by atoms with Gasteiger partial charge in [-0.15, -0.1) is 0 Å². The van der Waals surface area contributed by atoms with E-state index in [0.717, 1.165) is 25.7 Å². The minimum absolute atomic E-state index is 0.0138. The second-order valence-corrected chi connectivity index (χ2v) is 5.15. The Morgan fingerprint density at radius 1 is 1.26 bits per heavy atom. The number of carbonyl (C=O) groups excluding carboxylic acids is 1. The fourth-order valence-corrected chi connectivity index (χ4v) is 2.73. The molecule has 0 atom stereocenters. The molecule has 0 aliphatic heterocycles. The molecule has 0 aromatic heterocycles. The van der Waals surface area contributed by atoms with Crippen molar-refractivity contribution < 1.29 is 14.7 Å². The lowest BCUT2D eigenvalue weighted by Gasteiger charge is -2.27. The molecular weight excluding hydrogens is 266 g/mol. The Bertz CT molecular complexity index is 483. The number of hydrogen-bond donors (Lipinski definition) is 1. The van der Waals surface area contributed by atoms with E-state index in [4.69, 9.17) is 16.7 Å². The normalized spacial score (nSPS) is 15.4. The number of halogens is 1. The van der Waals surface area contributed by atoms with Gasteiger partial charge in [-0.3, -0.25) is 9.59 Å². The number of hydrogen-bond acceptors (Lipinski definition) is 2. The number of carboxylic acid groups (broad SMARTS) is 1. The first-order valence-electron chi connectivity index (χ1n) is 6.37. The van der Waals surface area contributed by atoms with Crippen LogP contribution >= 0.6 is 11.6 Å². The maximum Gasteiger partial charge on any atom is 0.323 e. The lowest BCUT2D eigenvalue weighted by atomic mass is 10.1. The Morgan fingerprint density at radius 3 is 2.47 bits per heavy atom. The number of amides is 1. The van der Waals surface area contributed by atoms with Crippen LogP contribution in [-0.2, 0) is 4.79 Å². The summed E-state index contributed by atoms with van der Waals surface area (Å²) < 4.78 is 0. The van der Waals surface area contributed by atoms with Gasteiger partial charge in [0.05, 0.1) is 10.6 Å². The van der Waals surface area contributed by atoms with Crippen LogP contribution in [0.5, 0.6) is 0 Å². The van der Waals surface area contributed by atoms with Gasteiger partial charge in [0.25, 0.3) is 5.91 Å². The van der Waals surface area contributed by atoms with Gasteiger partial charge in [0, 0.05) is 6.04 Å². The predicted molar refractivity (Wildman–Crippen MR) is 72.4 cm³/mol. The third-order valence-corrected chi connectivity index (χ3v) is 3.77. The van der Waals surface area contributed by atoms with Crippen LogP contribution in [0, 0.1) is 0 Å². The molecule has 1 aromatic rings. The number of carbonyl (C=O) groups is 2. The van der Waals surface area contributed by atoms with E-state index in [9.17, 15) is 9.59 Å². The van der Waals surface area contributed by atoms with Crippen molar-refractivity contribution >= 4 is 23.5 Å². The summed E-state index contributed by atoms with van der Waals surface area (Å²) in [6.07, 6.45) is 3.81. The molecule has 1 fully saturated rings. The van der Waals surface area contributed by atoms with Crippen LogP contribution in [0.1, 0.15) is 36.0 Å². The molecule has 1 saturated carbocycles. The lowest BCUT2D eigenvalue weighted by molar-refractivity contribution is -0.138. The summed E-state index contributed by atoms with van der Waals surface area (Å²) in [6, 6.07) is 6.76. The summed E-state index contributed by atoms with van der Waals surface area (Å²) in [5, 5.41) is 9.34. The molecule has 0 heterocycles. The molecular formula is C14H16ClNO3. The Hall–Kier alpha value is -1.55. The van der Waals surface area contributed by atoms with Crippen molar-refractivity contribution in [3.05, 3.63) is 34.9 Å². The molecule has 0 bridgehead atoms. The Balaban J connectivity index is 2.24.